The van der Waals surface area contributed by atoms with Crippen LogP contribution in [-0.2, 0) is 14.3 Å². The second-order valence-corrected chi connectivity index (χ2v) is 4.41. The number of esters is 1. The van der Waals surface area contributed by atoms with Gasteiger partial charge in [0.1, 0.15) is 0 Å². The molecule has 8 nitrogen and oxygen atoms in total. The van der Waals surface area contributed by atoms with Gasteiger partial charge in [-0.1, -0.05) is 6.07 Å². The van der Waals surface area contributed by atoms with Crippen molar-refractivity contribution < 1.29 is 29.0 Å². The number of nitrogens with one attached hydrogen (secondary N) is 2. The summed E-state index contributed by atoms with van der Waals surface area (Å²) < 4.78 is 9.81. The van der Waals surface area contributed by atoms with Crippen LogP contribution in [0.4, 0.5) is 4.79 Å². The third kappa shape index (κ3) is 5.70. The van der Waals surface area contributed by atoms with Crippen LogP contribution in [0, 0.1) is 0 Å². The number of hydrogen-bond acceptors (Lipinski definition) is 6. The van der Waals surface area contributed by atoms with Crippen molar-refractivity contribution in [3.05, 3.63) is 29.8 Å². The largest absolute Gasteiger partial charge is 0.504 e. The molecule has 0 bridgehead atoms. The number of carbonyl (C=O) groups is 3. The van der Waals surface area contributed by atoms with Gasteiger partial charge in [-0.05, 0) is 30.7 Å². The Labute approximate surface area is 133 Å². The number of methoxy groups -OCH3 is 1. The molecule has 0 aromatic heterocycles. The van der Waals surface area contributed by atoms with E-state index in [1.165, 1.54) is 39.3 Å². The van der Waals surface area contributed by atoms with E-state index in [9.17, 15) is 19.5 Å². The van der Waals surface area contributed by atoms with Gasteiger partial charge in [-0.15, -0.1) is 0 Å². The summed E-state index contributed by atoms with van der Waals surface area (Å²) in [4.78, 5) is 34.1. The fraction of sp³-hybridized carbons (Fsp3) is 0.267. The zero-order valence-electron chi connectivity index (χ0n) is 13.0. The molecule has 23 heavy (non-hydrogen) atoms. The number of phenols is 1. The van der Waals surface area contributed by atoms with Crippen LogP contribution in [0.1, 0.15) is 12.5 Å². The SMILES string of the molecule is CNC(=O)NC(=O)[C@@H](C)OC(=O)/C=C/c1ccc(O)c(OC)c1. The Bertz CT molecular complexity index is 626. The molecule has 1 aromatic carbocycles. The molecule has 0 aliphatic heterocycles. The van der Waals surface area contributed by atoms with Crippen molar-refractivity contribution in [2.45, 2.75) is 13.0 Å². The lowest BCUT2D eigenvalue weighted by Crippen LogP contribution is -2.43. The van der Waals surface area contributed by atoms with Crippen molar-refractivity contribution in [1.82, 2.24) is 10.6 Å². The highest BCUT2D eigenvalue weighted by molar-refractivity contribution is 5.97. The molecule has 3 amide bonds. The summed E-state index contributed by atoms with van der Waals surface area (Å²) in [5.41, 5.74) is 0.596. The molecule has 0 spiro atoms. The van der Waals surface area contributed by atoms with E-state index in [0.717, 1.165) is 6.08 Å². The van der Waals surface area contributed by atoms with E-state index in [-0.39, 0.29) is 11.5 Å². The molecular formula is C15H18N2O6. The van der Waals surface area contributed by atoms with E-state index in [1.807, 2.05) is 5.32 Å². The summed E-state index contributed by atoms with van der Waals surface area (Å²) in [5, 5.41) is 13.7. The Morgan fingerprint density at radius 1 is 1.30 bits per heavy atom. The zero-order valence-corrected chi connectivity index (χ0v) is 13.0. The highest BCUT2D eigenvalue weighted by Gasteiger charge is 2.18. The van der Waals surface area contributed by atoms with Crippen LogP contribution in [0.15, 0.2) is 24.3 Å². The van der Waals surface area contributed by atoms with Gasteiger partial charge in [-0.25, -0.2) is 9.59 Å². The zero-order chi connectivity index (χ0) is 17.4. The molecule has 0 fully saturated rings. The second-order valence-electron chi connectivity index (χ2n) is 4.41. The third-order valence-electron chi connectivity index (χ3n) is 2.74. The first kappa shape index (κ1) is 18.0. The lowest BCUT2D eigenvalue weighted by atomic mass is 10.2. The number of benzene rings is 1. The number of carbonyl (C=O) groups excluding carboxylic acids is 3. The monoisotopic (exact) mass is 322 g/mol. The number of imide groups is 1. The lowest BCUT2D eigenvalue weighted by molar-refractivity contribution is -0.149. The van der Waals surface area contributed by atoms with Crippen LogP contribution < -0.4 is 15.4 Å². The normalized spacial score (nSPS) is 11.6. The first-order valence-corrected chi connectivity index (χ1v) is 6.65. The van der Waals surface area contributed by atoms with E-state index in [4.69, 9.17) is 9.47 Å². The fourth-order valence-corrected chi connectivity index (χ4v) is 1.51. The average molecular weight is 322 g/mol. The van der Waals surface area contributed by atoms with E-state index in [0.29, 0.717) is 5.56 Å². The second kappa shape index (κ2) is 8.42. The molecule has 0 heterocycles. The Morgan fingerprint density at radius 3 is 2.61 bits per heavy atom. The summed E-state index contributed by atoms with van der Waals surface area (Å²) in [6, 6.07) is 3.83. The summed E-state index contributed by atoms with van der Waals surface area (Å²) >= 11 is 0. The van der Waals surface area contributed by atoms with Crippen LogP contribution >= 0.6 is 0 Å². The van der Waals surface area contributed by atoms with Gasteiger partial charge in [-0.2, -0.15) is 0 Å². The molecule has 0 saturated carbocycles. The van der Waals surface area contributed by atoms with Gasteiger partial charge < -0.3 is 19.9 Å². The smallest absolute Gasteiger partial charge is 0.331 e. The number of rotatable bonds is 5. The predicted molar refractivity (Wildman–Crippen MR) is 81.8 cm³/mol. The first-order valence-electron chi connectivity index (χ1n) is 6.65. The Balaban J connectivity index is 2.62. The number of ether oxygens (including phenoxy) is 2. The maximum Gasteiger partial charge on any atom is 0.331 e. The van der Waals surface area contributed by atoms with Gasteiger partial charge >= 0.3 is 12.0 Å². The van der Waals surface area contributed by atoms with Crippen LogP contribution in [-0.4, -0.2) is 43.3 Å². The van der Waals surface area contributed by atoms with Crippen LogP contribution in [0.25, 0.3) is 6.08 Å². The van der Waals surface area contributed by atoms with Crippen molar-refractivity contribution in [2.24, 2.45) is 0 Å². The molecule has 124 valence electrons. The minimum absolute atomic E-state index is 0.0216. The van der Waals surface area contributed by atoms with Gasteiger partial charge in [0.15, 0.2) is 17.6 Å². The molecule has 1 aromatic rings. The summed E-state index contributed by atoms with van der Waals surface area (Å²) in [6.07, 6.45) is 1.43. The van der Waals surface area contributed by atoms with E-state index in [2.05, 4.69) is 5.32 Å². The van der Waals surface area contributed by atoms with Crippen molar-refractivity contribution in [1.29, 1.82) is 0 Å². The van der Waals surface area contributed by atoms with Crippen molar-refractivity contribution in [2.75, 3.05) is 14.2 Å². The van der Waals surface area contributed by atoms with E-state index < -0.39 is 24.0 Å². The average Bonchev–Trinajstić information content (AvgIpc) is 2.53. The fourth-order valence-electron chi connectivity index (χ4n) is 1.51. The van der Waals surface area contributed by atoms with Crippen LogP contribution in [0.3, 0.4) is 0 Å². The molecule has 3 N–H and O–H groups in total. The molecule has 0 unspecified atom stereocenters. The highest BCUT2D eigenvalue weighted by Crippen LogP contribution is 2.26. The summed E-state index contributed by atoms with van der Waals surface area (Å²) in [7, 11) is 2.76. The molecule has 1 rings (SSSR count). The highest BCUT2D eigenvalue weighted by atomic mass is 16.5. The quantitative estimate of drug-likeness (QED) is 0.546. The maximum absolute atomic E-state index is 11.6. The predicted octanol–water partition coefficient (Wildman–Crippen LogP) is 0.801. The van der Waals surface area contributed by atoms with E-state index in [1.54, 1.807) is 6.07 Å². The van der Waals surface area contributed by atoms with Gasteiger partial charge in [0.2, 0.25) is 0 Å². The van der Waals surface area contributed by atoms with Gasteiger partial charge in [0.25, 0.3) is 5.91 Å². The standard InChI is InChI=1S/C15H18N2O6/c1-9(14(20)17-15(21)16-2)23-13(19)7-5-10-4-6-11(18)12(8-10)22-3/h4-9,18H,1-3H3,(H2,16,17,20,21)/b7-5+/t9-/m1/s1. The molecule has 0 saturated heterocycles. The first-order chi connectivity index (χ1) is 10.9. The molecule has 0 radical (unpaired) electrons. The van der Waals surface area contributed by atoms with Crippen LogP contribution in [0.2, 0.25) is 0 Å². The summed E-state index contributed by atoms with van der Waals surface area (Å²) in [5.74, 6) is -1.25. The number of hydrogen-bond donors (Lipinski definition) is 3. The van der Waals surface area contributed by atoms with Crippen molar-refractivity contribution in [3.63, 3.8) is 0 Å². The Hall–Kier alpha value is -3.03. The number of urea groups is 1. The minimum Gasteiger partial charge on any atom is -0.504 e. The molecule has 8 heteroatoms. The van der Waals surface area contributed by atoms with Crippen molar-refractivity contribution in [3.8, 4) is 11.5 Å². The maximum atomic E-state index is 11.6. The van der Waals surface area contributed by atoms with Gasteiger partial charge in [0, 0.05) is 13.1 Å². The molecule has 1 atom stereocenters. The molecule has 0 aliphatic carbocycles. The van der Waals surface area contributed by atoms with E-state index >= 15 is 0 Å². The third-order valence-corrected chi connectivity index (χ3v) is 2.74. The molecule has 0 aliphatic rings. The molecular weight excluding hydrogens is 304 g/mol. The number of aromatic hydroxyl groups is 1. The Morgan fingerprint density at radius 2 is 2.00 bits per heavy atom. The number of amides is 3. The van der Waals surface area contributed by atoms with Gasteiger partial charge in [-0.3, -0.25) is 10.1 Å². The summed E-state index contributed by atoms with van der Waals surface area (Å²) in [6.45, 7) is 1.34. The Kier molecular flexibility index (Phi) is 6.60. The minimum atomic E-state index is -1.13. The number of phenolic OH excluding ortho intramolecular Hbond substituents is 1. The topological polar surface area (TPSA) is 114 Å². The van der Waals surface area contributed by atoms with Crippen LogP contribution in [0.5, 0.6) is 11.5 Å². The van der Waals surface area contributed by atoms with Gasteiger partial charge in [0.05, 0.1) is 7.11 Å². The lowest BCUT2D eigenvalue weighted by Gasteiger charge is -2.11. The van der Waals surface area contributed by atoms with Crippen molar-refractivity contribution >= 4 is 24.0 Å².